The molecule has 0 aromatic heterocycles. The van der Waals surface area contributed by atoms with Crippen molar-refractivity contribution in [2.24, 2.45) is 11.8 Å². The monoisotopic (exact) mass is 228 g/mol. The zero-order valence-electron chi connectivity index (χ0n) is 9.64. The van der Waals surface area contributed by atoms with Gasteiger partial charge in [0.25, 0.3) is 0 Å². The standard InChI is InChI=1S/C10H16N2O4/c1-6(2)9(14)12-5-8(10(15)16)4-11(12)7(3)13/h6,8H,4-5H2,1-3H3,(H,15,16)/t8-/m0/s1. The second kappa shape index (κ2) is 4.51. The number of hydrogen-bond donors (Lipinski definition) is 1. The van der Waals surface area contributed by atoms with Crippen LogP contribution in [0.5, 0.6) is 0 Å². The van der Waals surface area contributed by atoms with Crippen LogP contribution in [-0.2, 0) is 14.4 Å². The second-order valence-electron chi connectivity index (χ2n) is 4.21. The lowest BCUT2D eigenvalue weighted by Crippen LogP contribution is -2.45. The number of nitrogens with zero attached hydrogens (tertiary/aromatic N) is 2. The lowest BCUT2D eigenvalue weighted by molar-refractivity contribution is -0.158. The smallest absolute Gasteiger partial charge is 0.310 e. The summed E-state index contributed by atoms with van der Waals surface area (Å²) in [7, 11) is 0. The Bertz CT molecular complexity index is 327. The molecule has 1 atom stereocenters. The number of hydrogen-bond acceptors (Lipinski definition) is 3. The van der Waals surface area contributed by atoms with Crippen LogP contribution in [0.1, 0.15) is 20.8 Å². The summed E-state index contributed by atoms with van der Waals surface area (Å²) in [5.41, 5.74) is 0. The Labute approximate surface area is 93.8 Å². The molecule has 6 heteroatoms. The predicted octanol–water partition coefficient (Wildman–Crippen LogP) is -0.0511. The summed E-state index contributed by atoms with van der Waals surface area (Å²) in [6.07, 6.45) is 0. The SMILES string of the molecule is CC(=O)N1C[C@H](C(=O)O)CN1C(=O)C(C)C. The molecule has 1 heterocycles. The summed E-state index contributed by atoms with van der Waals surface area (Å²) in [5.74, 6) is -2.46. The third kappa shape index (κ3) is 2.32. The Kier molecular flexibility index (Phi) is 3.51. The Morgan fingerprint density at radius 2 is 1.69 bits per heavy atom. The molecule has 16 heavy (non-hydrogen) atoms. The quantitative estimate of drug-likeness (QED) is 0.718. The van der Waals surface area contributed by atoms with Crippen molar-refractivity contribution in [3.63, 3.8) is 0 Å². The van der Waals surface area contributed by atoms with E-state index in [1.165, 1.54) is 16.9 Å². The summed E-state index contributed by atoms with van der Waals surface area (Å²) in [6, 6.07) is 0. The van der Waals surface area contributed by atoms with E-state index in [0.717, 1.165) is 0 Å². The fourth-order valence-electron chi connectivity index (χ4n) is 1.63. The number of carboxylic acids is 1. The molecule has 0 aromatic carbocycles. The van der Waals surface area contributed by atoms with Crippen molar-refractivity contribution in [2.45, 2.75) is 20.8 Å². The summed E-state index contributed by atoms with van der Waals surface area (Å²) in [5, 5.41) is 11.3. The van der Waals surface area contributed by atoms with Gasteiger partial charge in [-0.25, -0.2) is 0 Å². The third-order valence-corrected chi connectivity index (χ3v) is 2.54. The van der Waals surface area contributed by atoms with Crippen LogP contribution in [0.2, 0.25) is 0 Å². The van der Waals surface area contributed by atoms with Gasteiger partial charge in [0.1, 0.15) is 0 Å². The highest BCUT2D eigenvalue weighted by atomic mass is 16.4. The summed E-state index contributed by atoms with van der Waals surface area (Å²) in [4.78, 5) is 33.9. The normalized spacial score (nSPS) is 20.4. The largest absolute Gasteiger partial charge is 0.481 e. The molecule has 0 radical (unpaired) electrons. The first-order valence-electron chi connectivity index (χ1n) is 5.16. The van der Waals surface area contributed by atoms with Crippen molar-refractivity contribution < 1.29 is 19.5 Å². The first kappa shape index (κ1) is 12.5. The van der Waals surface area contributed by atoms with Crippen molar-refractivity contribution in [3.05, 3.63) is 0 Å². The molecule has 0 aromatic rings. The summed E-state index contributed by atoms with van der Waals surface area (Å²) < 4.78 is 0. The zero-order valence-corrected chi connectivity index (χ0v) is 9.64. The fraction of sp³-hybridized carbons (Fsp3) is 0.700. The number of aliphatic carboxylic acids is 1. The Morgan fingerprint density at radius 1 is 1.19 bits per heavy atom. The van der Waals surface area contributed by atoms with E-state index >= 15 is 0 Å². The zero-order chi connectivity index (χ0) is 12.5. The molecule has 1 fully saturated rings. The van der Waals surface area contributed by atoms with Gasteiger partial charge in [-0.1, -0.05) is 13.8 Å². The van der Waals surface area contributed by atoms with Gasteiger partial charge in [0.2, 0.25) is 11.8 Å². The molecular formula is C10H16N2O4. The fourth-order valence-corrected chi connectivity index (χ4v) is 1.63. The minimum absolute atomic E-state index is 0.0725. The summed E-state index contributed by atoms with van der Waals surface area (Å²) in [6.45, 7) is 4.91. The Hall–Kier alpha value is -1.59. The lowest BCUT2D eigenvalue weighted by atomic mass is 10.1. The maximum Gasteiger partial charge on any atom is 0.310 e. The van der Waals surface area contributed by atoms with E-state index < -0.39 is 11.9 Å². The van der Waals surface area contributed by atoms with Gasteiger partial charge in [0.05, 0.1) is 19.0 Å². The van der Waals surface area contributed by atoms with E-state index in [9.17, 15) is 14.4 Å². The molecule has 1 aliphatic rings. The lowest BCUT2D eigenvalue weighted by Gasteiger charge is -2.27. The van der Waals surface area contributed by atoms with Gasteiger partial charge in [-0.2, -0.15) is 0 Å². The van der Waals surface area contributed by atoms with Crippen molar-refractivity contribution in [1.82, 2.24) is 10.0 Å². The maximum atomic E-state index is 11.8. The molecule has 0 aliphatic carbocycles. The molecule has 1 rings (SSSR count). The van der Waals surface area contributed by atoms with Crippen molar-refractivity contribution in [2.75, 3.05) is 13.1 Å². The van der Waals surface area contributed by atoms with Gasteiger partial charge >= 0.3 is 5.97 Å². The topological polar surface area (TPSA) is 77.9 Å². The Morgan fingerprint density at radius 3 is 2.06 bits per heavy atom. The van der Waals surface area contributed by atoms with Gasteiger partial charge in [0.15, 0.2) is 0 Å². The molecule has 1 saturated heterocycles. The van der Waals surface area contributed by atoms with Gasteiger partial charge in [-0.3, -0.25) is 24.4 Å². The number of rotatable bonds is 2. The van der Waals surface area contributed by atoms with Crippen LogP contribution in [0.3, 0.4) is 0 Å². The first-order chi connectivity index (χ1) is 7.34. The summed E-state index contributed by atoms with van der Waals surface area (Å²) >= 11 is 0. The second-order valence-corrected chi connectivity index (χ2v) is 4.21. The molecular weight excluding hydrogens is 212 g/mol. The van der Waals surface area contributed by atoms with Crippen LogP contribution in [0.25, 0.3) is 0 Å². The minimum Gasteiger partial charge on any atom is -0.481 e. The average Bonchev–Trinajstić information content (AvgIpc) is 2.60. The predicted molar refractivity (Wildman–Crippen MR) is 55.1 cm³/mol. The number of carbonyl (C=O) groups excluding carboxylic acids is 2. The van der Waals surface area contributed by atoms with Crippen LogP contribution < -0.4 is 0 Å². The molecule has 0 unspecified atom stereocenters. The van der Waals surface area contributed by atoms with Crippen molar-refractivity contribution in [1.29, 1.82) is 0 Å². The van der Waals surface area contributed by atoms with Crippen molar-refractivity contribution in [3.8, 4) is 0 Å². The highest BCUT2D eigenvalue weighted by molar-refractivity contribution is 5.84. The van der Waals surface area contributed by atoms with Gasteiger partial charge in [0, 0.05) is 12.8 Å². The number of hydrazine groups is 1. The molecule has 2 amide bonds. The van der Waals surface area contributed by atoms with Gasteiger partial charge in [-0.15, -0.1) is 0 Å². The van der Waals surface area contributed by atoms with Gasteiger partial charge in [-0.05, 0) is 0 Å². The Balaban J connectivity index is 2.85. The van der Waals surface area contributed by atoms with E-state index in [4.69, 9.17) is 5.11 Å². The molecule has 6 nitrogen and oxygen atoms in total. The number of carboxylic acid groups (broad SMARTS) is 1. The molecule has 90 valence electrons. The highest BCUT2D eigenvalue weighted by Gasteiger charge is 2.39. The maximum absolute atomic E-state index is 11.8. The van der Waals surface area contributed by atoms with E-state index in [-0.39, 0.29) is 30.8 Å². The molecule has 0 spiro atoms. The van der Waals surface area contributed by atoms with Crippen LogP contribution in [-0.4, -0.2) is 46.0 Å². The van der Waals surface area contributed by atoms with Crippen LogP contribution >= 0.6 is 0 Å². The van der Waals surface area contributed by atoms with Crippen LogP contribution in [0, 0.1) is 11.8 Å². The highest BCUT2D eigenvalue weighted by Crippen LogP contribution is 2.19. The van der Waals surface area contributed by atoms with E-state index in [1.807, 2.05) is 0 Å². The van der Waals surface area contributed by atoms with E-state index in [0.29, 0.717) is 0 Å². The minimum atomic E-state index is -0.981. The van der Waals surface area contributed by atoms with Crippen LogP contribution in [0.15, 0.2) is 0 Å². The average molecular weight is 228 g/mol. The van der Waals surface area contributed by atoms with E-state index in [2.05, 4.69) is 0 Å². The molecule has 1 aliphatic heterocycles. The molecule has 1 N–H and O–H groups in total. The number of amides is 2. The van der Waals surface area contributed by atoms with Crippen molar-refractivity contribution >= 4 is 17.8 Å². The van der Waals surface area contributed by atoms with Gasteiger partial charge < -0.3 is 5.11 Å². The third-order valence-electron chi connectivity index (χ3n) is 2.54. The first-order valence-corrected chi connectivity index (χ1v) is 5.16. The molecule has 0 bridgehead atoms. The number of carbonyl (C=O) groups is 3. The van der Waals surface area contributed by atoms with E-state index in [1.54, 1.807) is 13.8 Å². The van der Waals surface area contributed by atoms with Crippen LogP contribution in [0.4, 0.5) is 0 Å². The molecule has 0 saturated carbocycles.